The van der Waals surface area contributed by atoms with Gasteiger partial charge in [0.15, 0.2) is 0 Å². The normalized spacial score (nSPS) is 13.4. The third-order valence-corrected chi connectivity index (χ3v) is 1.58. The summed E-state index contributed by atoms with van der Waals surface area (Å²) in [7, 11) is -6.21. The molecule has 0 aromatic heterocycles. The number of halogens is 2. The van der Waals surface area contributed by atoms with E-state index in [1.807, 2.05) is 0 Å². The fraction of sp³-hybridized carbons (Fsp3) is 0. The van der Waals surface area contributed by atoms with Crippen LogP contribution in [-0.4, -0.2) is 0 Å². The zero-order chi connectivity index (χ0) is 7.57. The fourth-order valence-electron chi connectivity index (χ4n) is 0.0671. The molecule has 0 aliphatic rings. The topological polar surface area (TPSA) is 71.4 Å². The Balaban J connectivity index is 5.06. The van der Waals surface area contributed by atoms with Crippen LogP contribution in [0.2, 0.25) is 0 Å². The van der Waals surface area contributed by atoms with Gasteiger partial charge < -0.3 is 0 Å². The summed E-state index contributed by atoms with van der Waals surface area (Å²) >= 11 is 0. The van der Waals surface area contributed by atoms with Gasteiger partial charge in [-0.1, -0.05) is 0 Å². The van der Waals surface area contributed by atoms with Crippen molar-refractivity contribution in [1.82, 2.24) is 0 Å². The van der Waals surface area contributed by atoms with Crippen LogP contribution in [0.5, 0.6) is 0 Å². The Bertz CT molecular complexity index is 209. The van der Waals surface area contributed by atoms with E-state index in [1.54, 1.807) is 0 Å². The quantitative estimate of drug-likeness (QED) is 0.490. The molecular weight excluding hydrogens is 147 g/mol. The molecule has 0 fully saturated rings. The van der Waals surface area contributed by atoms with Crippen LogP contribution < -0.4 is 0 Å². The number of nitriles is 3. The summed E-state index contributed by atoms with van der Waals surface area (Å²) in [5.41, 5.74) is 0. The van der Waals surface area contributed by atoms with Crippen molar-refractivity contribution >= 4 is 7.22 Å². The van der Waals surface area contributed by atoms with E-state index in [2.05, 4.69) is 0 Å². The van der Waals surface area contributed by atoms with Gasteiger partial charge in [-0.25, -0.2) is 0 Å². The predicted octanol–water partition coefficient (Wildman–Crippen LogP) is 1.75. The molecule has 0 N–H and O–H groups in total. The van der Waals surface area contributed by atoms with E-state index in [0.29, 0.717) is 17.4 Å². The standard InChI is InChI=1S/C3F2N3P/c4-9(5,1-6,2-7)3-8. The molecule has 6 heteroatoms. The Morgan fingerprint density at radius 3 is 1.11 bits per heavy atom. The Morgan fingerprint density at radius 1 is 0.889 bits per heavy atom. The minimum absolute atomic E-state index is 0.429. The maximum atomic E-state index is 12.0. The molecule has 46 valence electrons. The van der Waals surface area contributed by atoms with Gasteiger partial charge in [-0.3, -0.25) is 0 Å². The summed E-state index contributed by atoms with van der Waals surface area (Å²) in [5, 5.41) is 23.0. The number of nitrogens with zero attached hydrogens (tertiary/aromatic N) is 3. The molecule has 0 aromatic rings. The van der Waals surface area contributed by atoms with Gasteiger partial charge in [0.25, 0.3) is 0 Å². The van der Waals surface area contributed by atoms with E-state index in [0.717, 1.165) is 0 Å². The number of rotatable bonds is 0. The van der Waals surface area contributed by atoms with E-state index in [4.69, 9.17) is 15.8 Å². The molecule has 0 heterocycles. The summed E-state index contributed by atoms with van der Waals surface area (Å²) in [4.78, 5) is 0. The Morgan fingerprint density at radius 2 is 1.11 bits per heavy atom. The van der Waals surface area contributed by atoms with Crippen molar-refractivity contribution in [3.8, 4) is 17.4 Å². The second-order valence-electron chi connectivity index (χ2n) is 1.21. The molecule has 0 aliphatic carbocycles. The van der Waals surface area contributed by atoms with E-state index < -0.39 is 7.22 Å². The van der Waals surface area contributed by atoms with Crippen molar-refractivity contribution in [2.45, 2.75) is 0 Å². The number of hydrogen-bond acceptors (Lipinski definition) is 3. The van der Waals surface area contributed by atoms with Crippen LogP contribution in [0.25, 0.3) is 0 Å². The second kappa shape index (κ2) is 1.62. The first-order chi connectivity index (χ1) is 3.96. The van der Waals surface area contributed by atoms with Gasteiger partial charge in [-0.15, -0.1) is 0 Å². The third-order valence-electron chi connectivity index (χ3n) is 0.527. The van der Waals surface area contributed by atoms with Crippen molar-refractivity contribution < 1.29 is 8.39 Å². The Labute approximate surface area is 49.9 Å². The second-order valence-corrected chi connectivity index (χ2v) is 3.62. The molecule has 0 unspecified atom stereocenters. The van der Waals surface area contributed by atoms with E-state index >= 15 is 0 Å². The van der Waals surface area contributed by atoms with Crippen LogP contribution in [0.4, 0.5) is 8.39 Å². The molecule has 0 aliphatic heterocycles. The van der Waals surface area contributed by atoms with Crippen LogP contribution in [0.15, 0.2) is 0 Å². The Kier molecular flexibility index (Phi) is 1.40. The first-order valence-corrected chi connectivity index (χ1v) is 3.70. The van der Waals surface area contributed by atoms with Gasteiger partial charge in [0.05, 0.1) is 0 Å². The van der Waals surface area contributed by atoms with E-state index in [-0.39, 0.29) is 0 Å². The van der Waals surface area contributed by atoms with Gasteiger partial charge >= 0.3 is 48.8 Å². The molecule has 0 bridgehead atoms. The maximum absolute atomic E-state index is 12.0. The van der Waals surface area contributed by atoms with Crippen molar-refractivity contribution in [2.24, 2.45) is 0 Å². The summed E-state index contributed by atoms with van der Waals surface area (Å²) in [6, 6.07) is 0. The van der Waals surface area contributed by atoms with Gasteiger partial charge in [0.2, 0.25) is 0 Å². The first kappa shape index (κ1) is 7.76. The van der Waals surface area contributed by atoms with Crippen LogP contribution in [0.1, 0.15) is 0 Å². The van der Waals surface area contributed by atoms with Crippen molar-refractivity contribution in [3.05, 3.63) is 0 Å². The molecule has 0 amide bonds. The van der Waals surface area contributed by atoms with Gasteiger partial charge in [-0.05, 0) is 0 Å². The van der Waals surface area contributed by atoms with Gasteiger partial charge in [0, 0.05) is 0 Å². The zero-order valence-corrected chi connectivity index (χ0v) is 4.94. The van der Waals surface area contributed by atoms with E-state index in [9.17, 15) is 8.39 Å². The predicted molar refractivity (Wildman–Crippen MR) is 26.0 cm³/mol. The summed E-state index contributed by atoms with van der Waals surface area (Å²) in [6.45, 7) is 0. The molecule has 3 nitrogen and oxygen atoms in total. The van der Waals surface area contributed by atoms with Crippen molar-refractivity contribution in [2.75, 3.05) is 0 Å². The van der Waals surface area contributed by atoms with Crippen molar-refractivity contribution in [3.63, 3.8) is 0 Å². The monoisotopic (exact) mass is 147 g/mol. The summed E-state index contributed by atoms with van der Waals surface area (Å²) < 4.78 is 24.1. The van der Waals surface area contributed by atoms with Crippen LogP contribution in [-0.2, 0) is 0 Å². The SMILES string of the molecule is N#CP(F)(F)(C#N)C#N. The molecule has 0 atom stereocenters. The van der Waals surface area contributed by atoms with Crippen LogP contribution in [0.3, 0.4) is 0 Å². The third kappa shape index (κ3) is 1.32. The fourth-order valence-corrected chi connectivity index (χ4v) is 0.201. The Hall–Kier alpha value is -1.24. The molecular formula is C3F2N3P. The molecule has 0 spiro atoms. The average Bonchev–Trinajstić information content (AvgIpc) is 1.90. The molecule has 9 heavy (non-hydrogen) atoms. The van der Waals surface area contributed by atoms with Crippen LogP contribution in [0, 0.1) is 33.2 Å². The molecule has 0 aromatic carbocycles. The average molecular weight is 147 g/mol. The van der Waals surface area contributed by atoms with Gasteiger partial charge in [0.1, 0.15) is 0 Å². The first-order valence-electron chi connectivity index (χ1n) is 1.68. The summed E-state index contributed by atoms with van der Waals surface area (Å²) in [6.07, 6.45) is 0. The molecule has 0 saturated heterocycles. The molecule has 0 rings (SSSR count). The minimum atomic E-state index is -6.21. The van der Waals surface area contributed by atoms with E-state index in [1.165, 1.54) is 0 Å². The van der Waals surface area contributed by atoms with Crippen LogP contribution >= 0.6 is 7.22 Å². The van der Waals surface area contributed by atoms with Crippen molar-refractivity contribution in [1.29, 1.82) is 15.8 Å². The molecule has 0 radical (unpaired) electrons. The zero-order valence-electron chi connectivity index (χ0n) is 4.04. The number of hydrogen-bond donors (Lipinski definition) is 0. The van der Waals surface area contributed by atoms with Gasteiger partial charge in [-0.2, -0.15) is 0 Å². The summed E-state index contributed by atoms with van der Waals surface area (Å²) in [5.74, 6) is 1.29. The molecule has 0 saturated carbocycles.